The zero-order valence-electron chi connectivity index (χ0n) is 16.3. The summed E-state index contributed by atoms with van der Waals surface area (Å²) < 4.78 is 6.27. The quantitative estimate of drug-likeness (QED) is 0.458. The number of furan rings is 1. The summed E-state index contributed by atoms with van der Waals surface area (Å²) in [6.07, 6.45) is 3.33. The van der Waals surface area contributed by atoms with Gasteiger partial charge >= 0.3 is 0 Å². The molecule has 0 spiro atoms. The number of carbonyl (C=O) groups is 2. The van der Waals surface area contributed by atoms with E-state index in [4.69, 9.17) is 9.40 Å². The Morgan fingerprint density at radius 1 is 1.20 bits per heavy atom. The van der Waals surface area contributed by atoms with Crippen LogP contribution in [0.1, 0.15) is 49.7 Å². The molecule has 0 saturated carbocycles. The summed E-state index contributed by atoms with van der Waals surface area (Å²) >= 11 is 2.96. The molecule has 3 aromatic heterocycles. The molecule has 1 saturated heterocycles. The standard InChI is InChI=1S/C22H19N3O3S2/c1-13-12-18(24-20(26)16-8-5-11-28-16)30-19(13)22(27)25-10-4-7-15(25)21-23-14-6-2-3-9-17(14)29-21/h2-3,5-6,8-9,11-12,15H,4,7,10H2,1H3,(H,24,26). The summed E-state index contributed by atoms with van der Waals surface area (Å²) in [5, 5.41) is 4.44. The van der Waals surface area contributed by atoms with Gasteiger partial charge in [0, 0.05) is 6.54 Å². The second-order valence-corrected chi connectivity index (χ2v) is 9.35. The van der Waals surface area contributed by atoms with Crippen LogP contribution in [0.3, 0.4) is 0 Å². The molecule has 1 fully saturated rings. The predicted molar refractivity (Wildman–Crippen MR) is 118 cm³/mol. The Kier molecular flexibility index (Phi) is 4.88. The minimum Gasteiger partial charge on any atom is -0.459 e. The lowest BCUT2D eigenvalue weighted by molar-refractivity contribution is 0.0739. The minimum atomic E-state index is -0.325. The van der Waals surface area contributed by atoms with E-state index in [2.05, 4.69) is 11.4 Å². The fraction of sp³-hybridized carbons (Fsp3) is 0.227. The fourth-order valence-corrected chi connectivity index (χ4v) is 5.91. The average molecular weight is 438 g/mol. The third-order valence-corrected chi connectivity index (χ3v) is 7.48. The van der Waals surface area contributed by atoms with Crippen molar-refractivity contribution in [2.24, 2.45) is 0 Å². The van der Waals surface area contributed by atoms with Gasteiger partial charge in [0.05, 0.1) is 32.4 Å². The topological polar surface area (TPSA) is 75.4 Å². The van der Waals surface area contributed by atoms with Crippen molar-refractivity contribution in [1.29, 1.82) is 0 Å². The maximum atomic E-state index is 13.4. The molecule has 6 nitrogen and oxygen atoms in total. The SMILES string of the molecule is Cc1cc(NC(=O)c2ccco2)sc1C(=O)N1CCCC1c1nc2ccccc2s1. The maximum absolute atomic E-state index is 13.4. The van der Waals surface area contributed by atoms with Crippen LogP contribution in [0.15, 0.2) is 53.1 Å². The van der Waals surface area contributed by atoms with Crippen LogP contribution in [-0.2, 0) is 0 Å². The van der Waals surface area contributed by atoms with Gasteiger partial charge in [-0.05, 0) is 55.7 Å². The molecule has 2 amide bonds. The molecule has 1 aromatic carbocycles. The molecule has 8 heteroatoms. The van der Waals surface area contributed by atoms with Crippen molar-refractivity contribution in [2.45, 2.75) is 25.8 Å². The van der Waals surface area contributed by atoms with Crippen LogP contribution in [0, 0.1) is 6.92 Å². The Morgan fingerprint density at radius 2 is 2.07 bits per heavy atom. The number of amides is 2. The molecule has 4 heterocycles. The largest absolute Gasteiger partial charge is 0.459 e. The Hall–Kier alpha value is -2.97. The number of aromatic nitrogens is 1. The number of fused-ring (bicyclic) bond motifs is 1. The van der Waals surface area contributed by atoms with Crippen LogP contribution >= 0.6 is 22.7 Å². The van der Waals surface area contributed by atoms with Crippen LogP contribution in [0.4, 0.5) is 5.00 Å². The molecule has 0 aliphatic carbocycles. The zero-order chi connectivity index (χ0) is 20.7. The van der Waals surface area contributed by atoms with E-state index in [0.29, 0.717) is 16.4 Å². The second-order valence-electron chi connectivity index (χ2n) is 7.23. The summed E-state index contributed by atoms with van der Waals surface area (Å²) in [5.74, 6) is -0.0871. The van der Waals surface area contributed by atoms with Crippen molar-refractivity contribution < 1.29 is 14.0 Å². The zero-order valence-corrected chi connectivity index (χ0v) is 17.9. The number of nitrogens with zero attached hydrogens (tertiary/aromatic N) is 2. The third-order valence-electron chi connectivity index (χ3n) is 5.20. The maximum Gasteiger partial charge on any atom is 0.291 e. The summed E-state index contributed by atoms with van der Waals surface area (Å²) in [6.45, 7) is 2.61. The van der Waals surface area contributed by atoms with E-state index >= 15 is 0 Å². The van der Waals surface area contributed by atoms with E-state index in [1.54, 1.807) is 23.5 Å². The van der Waals surface area contributed by atoms with E-state index in [-0.39, 0.29) is 23.6 Å². The van der Waals surface area contributed by atoms with Gasteiger partial charge in [0.25, 0.3) is 11.8 Å². The van der Waals surface area contributed by atoms with Gasteiger partial charge in [-0.25, -0.2) is 4.98 Å². The summed E-state index contributed by atoms with van der Waals surface area (Å²) in [5.41, 5.74) is 1.83. The number of likely N-dealkylation sites (tertiary alicyclic amines) is 1. The normalized spacial score (nSPS) is 16.3. The number of thiazole rings is 1. The van der Waals surface area contributed by atoms with Gasteiger partial charge in [0.15, 0.2) is 5.76 Å². The fourth-order valence-electron chi connectivity index (χ4n) is 3.77. The third kappa shape index (κ3) is 3.42. The van der Waals surface area contributed by atoms with Crippen molar-refractivity contribution >= 4 is 49.7 Å². The highest BCUT2D eigenvalue weighted by atomic mass is 32.1. The first kappa shape index (κ1) is 19.0. The highest BCUT2D eigenvalue weighted by Crippen LogP contribution is 2.39. The number of hydrogen-bond donors (Lipinski definition) is 1. The molecule has 4 aromatic rings. The van der Waals surface area contributed by atoms with E-state index in [9.17, 15) is 9.59 Å². The molecule has 30 heavy (non-hydrogen) atoms. The predicted octanol–water partition coefficient (Wildman–Crippen LogP) is 5.49. The number of benzene rings is 1. The van der Waals surface area contributed by atoms with Gasteiger partial charge in [0.1, 0.15) is 5.01 Å². The van der Waals surface area contributed by atoms with E-state index in [0.717, 1.165) is 33.6 Å². The lowest BCUT2D eigenvalue weighted by atomic mass is 10.2. The number of thiophene rings is 1. The molecule has 152 valence electrons. The number of hydrogen-bond acceptors (Lipinski definition) is 6. The van der Waals surface area contributed by atoms with Crippen LogP contribution < -0.4 is 5.32 Å². The van der Waals surface area contributed by atoms with Crippen LogP contribution in [0.25, 0.3) is 10.2 Å². The smallest absolute Gasteiger partial charge is 0.291 e. The highest BCUT2D eigenvalue weighted by molar-refractivity contribution is 7.19. The molecule has 1 aliphatic rings. The lowest BCUT2D eigenvalue weighted by Crippen LogP contribution is -2.30. The molecular weight excluding hydrogens is 418 g/mol. The molecule has 1 aliphatic heterocycles. The molecule has 0 bridgehead atoms. The lowest BCUT2D eigenvalue weighted by Gasteiger charge is -2.22. The number of rotatable bonds is 4. The average Bonchev–Trinajstić information content (AvgIpc) is 3.52. The Bertz CT molecular complexity index is 1190. The van der Waals surface area contributed by atoms with Gasteiger partial charge in [-0.2, -0.15) is 0 Å². The first-order chi connectivity index (χ1) is 14.6. The second kappa shape index (κ2) is 7.70. The van der Waals surface area contributed by atoms with E-state index in [1.165, 1.54) is 17.6 Å². The number of carbonyl (C=O) groups excluding carboxylic acids is 2. The number of para-hydroxylation sites is 1. The van der Waals surface area contributed by atoms with Crippen molar-refractivity contribution in [3.63, 3.8) is 0 Å². The Balaban J connectivity index is 1.38. The Morgan fingerprint density at radius 3 is 2.87 bits per heavy atom. The first-order valence-corrected chi connectivity index (χ1v) is 11.3. The molecular formula is C22H19N3O3S2. The Labute approximate surface area is 181 Å². The molecule has 1 atom stereocenters. The van der Waals surface area contributed by atoms with Gasteiger partial charge in [0.2, 0.25) is 0 Å². The van der Waals surface area contributed by atoms with Crippen LogP contribution in [0.5, 0.6) is 0 Å². The number of aryl methyl sites for hydroxylation is 1. The molecule has 5 rings (SSSR count). The minimum absolute atomic E-state index is 0.00208. The van der Waals surface area contributed by atoms with Crippen molar-refractivity contribution in [3.8, 4) is 0 Å². The van der Waals surface area contributed by atoms with E-state index < -0.39 is 0 Å². The van der Waals surface area contributed by atoms with E-state index in [1.807, 2.05) is 36.1 Å². The van der Waals surface area contributed by atoms with Crippen molar-refractivity contribution in [3.05, 3.63) is 69.9 Å². The summed E-state index contributed by atoms with van der Waals surface area (Å²) in [7, 11) is 0. The molecule has 1 unspecified atom stereocenters. The van der Waals surface area contributed by atoms with Crippen molar-refractivity contribution in [1.82, 2.24) is 9.88 Å². The van der Waals surface area contributed by atoms with Crippen LogP contribution in [-0.4, -0.2) is 28.2 Å². The van der Waals surface area contributed by atoms with Gasteiger partial charge in [-0.15, -0.1) is 22.7 Å². The summed E-state index contributed by atoms with van der Waals surface area (Å²) in [4.78, 5) is 33.0. The monoisotopic (exact) mass is 437 g/mol. The first-order valence-electron chi connectivity index (χ1n) is 9.72. The van der Waals surface area contributed by atoms with Crippen LogP contribution in [0.2, 0.25) is 0 Å². The van der Waals surface area contributed by atoms with Crippen molar-refractivity contribution in [2.75, 3.05) is 11.9 Å². The van der Waals surface area contributed by atoms with Gasteiger partial charge < -0.3 is 14.6 Å². The number of anilines is 1. The van der Waals surface area contributed by atoms with Gasteiger partial charge in [-0.3, -0.25) is 9.59 Å². The highest BCUT2D eigenvalue weighted by Gasteiger charge is 2.34. The molecule has 0 radical (unpaired) electrons. The number of nitrogens with one attached hydrogen (secondary N) is 1. The molecule has 1 N–H and O–H groups in total. The van der Waals surface area contributed by atoms with Gasteiger partial charge in [-0.1, -0.05) is 12.1 Å². The summed E-state index contributed by atoms with van der Waals surface area (Å²) in [6, 6.07) is 13.2.